The molecule has 0 spiro atoms. The SMILES string of the molecule is CCNC(=O)[C@@H](C)N(Cc1ccc(C)cc1)C(=O)CN(c1ccc(C23CC4CC(CC(C4)C2)C3)cc1)S(C)(=O)=O. The van der Waals surface area contributed by atoms with Crippen LogP contribution in [0.15, 0.2) is 48.5 Å². The average Bonchev–Trinajstić information content (AvgIpc) is 2.90. The molecule has 4 aliphatic carbocycles. The van der Waals surface area contributed by atoms with Crippen LogP contribution >= 0.6 is 0 Å². The van der Waals surface area contributed by atoms with Gasteiger partial charge in [-0.2, -0.15) is 0 Å². The van der Waals surface area contributed by atoms with Gasteiger partial charge in [-0.1, -0.05) is 42.0 Å². The molecule has 8 heteroatoms. The summed E-state index contributed by atoms with van der Waals surface area (Å²) in [6.45, 7) is 5.78. The standard InChI is InChI=1S/C32H43N3O4S/c1-5-33-31(37)23(3)34(20-24-8-6-22(2)7-9-24)30(36)21-35(40(4,38)39)29-12-10-28(11-13-29)32-17-25-14-26(18-32)16-27(15-25)19-32/h6-13,23,25-27H,5,14-21H2,1-4H3,(H,33,37)/t23-,25?,26?,27?,32?/m1/s1. The van der Waals surface area contributed by atoms with Gasteiger partial charge >= 0.3 is 0 Å². The van der Waals surface area contributed by atoms with Crippen molar-refractivity contribution < 1.29 is 18.0 Å². The van der Waals surface area contributed by atoms with E-state index in [-0.39, 0.29) is 24.4 Å². The van der Waals surface area contributed by atoms with Crippen LogP contribution in [0.25, 0.3) is 0 Å². The Kier molecular flexibility index (Phi) is 8.01. The van der Waals surface area contributed by atoms with Crippen LogP contribution in [-0.4, -0.2) is 50.5 Å². The average molecular weight is 566 g/mol. The number of carbonyl (C=O) groups excluding carboxylic acids is 2. The Bertz CT molecular complexity index is 1300. The van der Waals surface area contributed by atoms with Crippen LogP contribution in [-0.2, 0) is 31.6 Å². The number of hydrogen-bond donors (Lipinski definition) is 1. The normalized spacial score (nSPS) is 25.9. The molecule has 4 aliphatic rings. The molecule has 4 bridgehead atoms. The molecule has 0 aromatic heterocycles. The summed E-state index contributed by atoms with van der Waals surface area (Å²) >= 11 is 0. The lowest BCUT2D eigenvalue weighted by Crippen LogP contribution is -2.51. The molecule has 40 heavy (non-hydrogen) atoms. The van der Waals surface area contributed by atoms with Crippen LogP contribution in [0.2, 0.25) is 0 Å². The Morgan fingerprint density at radius 3 is 2.00 bits per heavy atom. The zero-order chi connectivity index (χ0) is 28.7. The third kappa shape index (κ3) is 5.92. The first kappa shape index (κ1) is 28.7. The molecule has 0 saturated heterocycles. The quantitative estimate of drug-likeness (QED) is 0.449. The number of hydrogen-bond acceptors (Lipinski definition) is 4. The van der Waals surface area contributed by atoms with Crippen LogP contribution in [0.3, 0.4) is 0 Å². The van der Waals surface area contributed by atoms with E-state index in [4.69, 9.17) is 0 Å². The highest BCUT2D eigenvalue weighted by atomic mass is 32.2. The molecule has 0 radical (unpaired) electrons. The van der Waals surface area contributed by atoms with Crippen molar-refractivity contribution in [2.24, 2.45) is 17.8 Å². The molecular weight excluding hydrogens is 522 g/mol. The highest BCUT2D eigenvalue weighted by molar-refractivity contribution is 7.92. The molecule has 0 aliphatic heterocycles. The molecule has 216 valence electrons. The van der Waals surface area contributed by atoms with Crippen molar-refractivity contribution in [2.45, 2.75) is 77.3 Å². The number of anilines is 1. The van der Waals surface area contributed by atoms with Gasteiger partial charge in [0.1, 0.15) is 12.6 Å². The lowest BCUT2D eigenvalue weighted by Gasteiger charge is -2.57. The van der Waals surface area contributed by atoms with Crippen molar-refractivity contribution in [3.05, 3.63) is 65.2 Å². The summed E-state index contributed by atoms with van der Waals surface area (Å²) < 4.78 is 27.1. The van der Waals surface area contributed by atoms with Crippen molar-refractivity contribution in [3.8, 4) is 0 Å². The van der Waals surface area contributed by atoms with Gasteiger partial charge in [-0.25, -0.2) is 8.42 Å². The van der Waals surface area contributed by atoms with Gasteiger partial charge in [-0.3, -0.25) is 13.9 Å². The van der Waals surface area contributed by atoms with E-state index >= 15 is 0 Å². The minimum absolute atomic E-state index is 0.208. The molecule has 2 aromatic carbocycles. The molecule has 4 saturated carbocycles. The number of likely N-dealkylation sites (N-methyl/N-ethyl adjacent to an activating group) is 1. The van der Waals surface area contributed by atoms with E-state index in [0.717, 1.165) is 35.1 Å². The first-order valence-corrected chi connectivity index (χ1v) is 16.5. The molecule has 4 fully saturated rings. The monoisotopic (exact) mass is 565 g/mol. The highest BCUT2D eigenvalue weighted by Gasteiger charge is 2.51. The summed E-state index contributed by atoms with van der Waals surface area (Å²) in [4.78, 5) is 28.0. The second-order valence-electron chi connectivity index (χ2n) is 12.6. The fraction of sp³-hybridized carbons (Fsp3) is 0.562. The van der Waals surface area contributed by atoms with Gasteiger partial charge in [0.25, 0.3) is 0 Å². The minimum atomic E-state index is -3.75. The summed E-state index contributed by atoms with van der Waals surface area (Å²) in [5.74, 6) is 1.77. The number of sulfonamides is 1. The molecule has 7 nitrogen and oxygen atoms in total. The topological polar surface area (TPSA) is 86.8 Å². The number of amides is 2. The molecule has 2 aromatic rings. The molecule has 0 heterocycles. The summed E-state index contributed by atoms with van der Waals surface area (Å²) in [6.07, 6.45) is 8.94. The highest BCUT2D eigenvalue weighted by Crippen LogP contribution is 2.60. The Hall–Kier alpha value is -2.87. The van der Waals surface area contributed by atoms with E-state index in [1.807, 2.05) is 50.2 Å². The number of aryl methyl sites for hydroxylation is 1. The van der Waals surface area contributed by atoms with Crippen molar-refractivity contribution in [3.63, 3.8) is 0 Å². The lowest BCUT2D eigenvalue weighted by molar-refractivity contribution is -0.139. The van der Waals surface area contributed by atoms with Crippen molar-refractivity contribution >= 4 is 27.5 Å². The second kappa shape index (κ2) is 11.2. The summed E-state index contributed by atoms with van der Waals surface area (Å²) in [7, 11) is -3.75. The number of benzene rings is 2. The van der Waals surface area contributed by atoms with Crippen molar-refractivity contribution in [1.82, 2.24) is 10.2 Å². The zero-order valence-electron chi connectivity index (χ0n) is 24.2. The van der Waals surface area contributed by atoms with Gasteiger partial charge in [0, 0.05) is 13.1 Å². The van der Waals surface area contributed by atoms with Crippen LogP contribution in [0.1, 0.15) is 69.1 Å². The largest absolute Gasteiger partial charge is 0.355 e. The molecule has 6 rings (SSSR count). The van der Waals surface area contributed by atoms with Gasteiger partial charge in [-0.15, -0.1) is 0 Å². The summed E-state index contributed by atoms with van der Waals surface area (Å²) in [5, 5.41) is 2.79. The fourth-order valence-electron chi connectivity index (χ4n) is 7.85. The number of nitrogens with one attached hydrogen (secondary N) is 1. The van der Waals surface area contributed by atoms with Gasteiger partial charge in [0.15, 0.2) is 0 Å². The van der Waals surface area contributed by atoms with E-state index < -0.39 is 22.0 Å². The Balaban J connectivity index is 1.38. The lowest BCUT2D eigenvalue weighted by atomic mass is 9.48. The van der Waals surface area contributed by atoms with E-state index in [1.165, 1.54) is 53.3 Å². The molecule has 1 atom stereocenters. The van der Waals surface area contributed by atoms with Crippen molar-refractivity contribution in [2.75, 3.05) is 23.7 Å². The Morgan fingerprint density at radius 2 is 1.50 bits per heavy atom. The Labute approximate surface area is 239 Å². The number of nitrogens with zero attached hydrogens (tertiary/aromatic N) is 2. The van der Waals surface area contributed by atoms with Crippen LogP contribution in [0.4, 0.5) is 5.69 Å². The van der Waals surface area contributed by atoms with Crippen LogP contribution in [0.5, 0.6) is 0 Å². The number of rotatable bonds is 10. The molecule has 1 N–H and O–H groups in total. The maximum Gasteiger partial charge on any atom is 0.244 e. The van der Waals surface area contributed by atoms with Gasteiger partial charge < -0.3 is 10.2 Å². The van der Waals surface area contributed by atoms with E-state index in [0.29, 0.717) is 12.2 Å². The Morgan fingerprint density at radius 1 is 0.950 bits per heavy atom. The van der Waals surface area contributed by atoms with Gasteiger partial charge in [0.05, 0.1) is 11.9 Å². The molecule has 2 amide bonds. The van der Waals surface area contributed by atoms with Crippen LogP contribution in [0, 0.1) is 24.7 Å². The second-order valence-corrected chi connectivity index (χ2v) is 14.5. The molecule has 0 unspecified atom stereocenters. The maximum absolute atomic E-state index is 13.7. The van der Waals surface area contributed by atoms with Gasteiger partial charge in [0.2, 0.25) is 21.8 Å². The van der Waals surface area contributed by atoms with E-state index in [2.05, 4.69) is 17.4 Å². The maximum atomic E-state index is 13.7. The summed E-state index contributed by atoms with van der Waals surface area (Å²) in [6, 6.07) is 14.9. The smallest absolute Gasteiger partial charge is 0.244 e. The summed E-state index contributed by atoms with van der Waals surface area (Å²) in [5.41, 5.74) is 3.97. The number of carbonyl (C=O) groups is 2. The predicted molar refractivity (Wildman–Crippen MR) is 158 cm³/mol. The third-order valence-corrected chi connectivity index (χ3v) is 10.6. The fourth-order valence-corrected chi connectivity index (χ4v) is 8.70. The van der Waals surface area contributed by atoms with E-state index in [9.17, 15) is 18.0 Å². The zero-order valence-corrected chi connectivity index (χ0v) is 25.0. The first-order chi connectivity index (χ1) is 19.0. The predicted octanol–water partition coefficient (Wildman–Crippen LogP) is 4.78. The minimum Gasteiger partial charge on any atom is -0.355 e. The first-order valence-electron chi connectivity index (χ1n) is 14.7. The van der Waals surface area contributed by atoms with Gasteiger partial charge in [-0.05, 0) is 106 Å². The third-order valence-electron chi connectivity index (χ3n) is 9.48. The van der Waals surface area contributed by atoms with Crippen molar-refractivity contribution in [1.29, 1.82) is 0 Å². The van der Waals surface area contributed by atoms with Crippen LogP contribution < -0.4 is 9.62 Å². The van der Waals surface area contributed by atoms with E-state index in [1.54, 1.807) is 6.92 Å². The molecular formula is C32H43N3O4S.